The second kappa shape index (κ2) is 7.88. The average Bonchev–Trinajstić information content (AvgIpc) is 2.53. The first-order valence-electron chi connectivity index (χ1n) is 7.92. The van der Waals surface area contributed by atoms with E-state index in [-0.39, 0.29) is 17.5 Å². The van der Waals surface area contributed by atoms with E-state index in [0.717, 1.165) is 5.56 Å². The van der Waals surface area contributed by atoms with Gasteiger partial charge in [0, 0.05) is 32.6 Å². The number of nitrogens with zero attached hydrogens (tertiary/aromatic N) is 2. The first-order chi connectivity index (χ1) is 10.9. The summed E-state index contributed by atoms with van der Waals surface area (Å²) in [5.74, 6) is -0.160. The van der Waals surface area contributed by atoms with Crippen molar-refractivity contribution in [2.24, 2.45) is 0 Å². The molecule has 0 aromatic heterocycles. The lowest BCUT2D eigenvalue weighted by Crippen LogP contribution is -2.51. The van der Waals surface area contributed by atoms with Gasteiger partial charge in [-0.05, 0) is 30.5 Å². The molecule has 0 radical (unpaired) electrons. The monoisotopic (exact) mass is 342 g/mol. The van der Waals surface area contributed by atoms with Gasteiger partial charge in [-0.25, -0.2) is 12.8 Å². The standard InChI is InChI=1S/C16H23FN2O3S/c1-2-12-23(21,22)19-10-8-18(9-11-19)16(20)7-6-14-4-3-5-15(17)13-14/h3-5,13H,2,6-12H2,1H3. The van der Waals surface area contributed by atoms with Gasteiger partial charge in [0.15, 0.2) is 0 Å². The van der Waals surface area contributed by atoms with Crippen LogP contribution in [0.3, 0.4) is 0 Å². The van der Waals surface area contributed by atoms with Crippen LogP contribution >= 0.6 is 0 Å². The molecule has 1 aliphatic heterocycles. The van der Waals surface area contributed by atoms with E-state index < -0.39 is 10.0 Å². The third kappa shape index (κ3) is 5.00. The second-order valence-corrected chi connectivity index (χ2v) is 7.81. The van der Waals surface area contributed by atoms with Crippen LogP contribution in [0.25, 0.3) is 0 Å². The van der Waals surface area contributed by atoms with Gasteiger partial charge in [-0.1, -0.05) is 19.1 Å². The molecule has 1 amide bonds. The SMILES string of the molecule is CCCS(=O)(=O)N1CCN(C(=O)CCc2cccc(F)c2)CC1. The van der Waals surface area contributed by atoms with Crippen LogP contribution < -0.4 is 0 Å². The van der Waals surface area contributed by atoms with Crippen LogP contribution in [0.2, 0.25) is 0 Å². The van der Waals surface area contributed by atoms with Crippen LogP contribution in [-0.2, 0) is 21.2 Å². The van der Waals surface area contributed by atoms with E-state index >= 15 is 0 Å². The Balaban J connectivity index is 1.82. The number of piperazine rings is 1. The smallest absolute Gasteiger partial charge is 0.222 e. The van der Waals surface area contributed by atoms with Gasteiger partial charge < -0.3 is 4.90 Å². The molecule has 0 unspecified atom stereocenters. The molecule has 0 N–H and O–H groups in total. The molecular formula is C16H23FN2O3S. The van der Waals surface area contributed by atoms with E-state index in [1.807, 2.05) is 6.92 Å². The van der Waals surface area contributed by atoms with Gasteiger partial charge in [0.2, 0.25) is 15.9 Å². The van der Waals surface area contributed by atoms with Crippen molar-refractivity contribution in [3.8, 4) is 0 Å². The normalized spacial score (nSPS) is 16.5. The number of sulfonamides is 1. The molecule has 1 saturated heterocycles. The highest BCUT2D eigenvalue weighted by Gasteiger charge is 2.27. The summed E-state index contributed by atoms with van der Waals surface area (Å²) in [6, 6.07) is 6.24. The van der Waals surface area contributed by atoms with E-state index in [1.54, 1.807) is 17.0 Å². The van der Waals surface area contributed by atoms with Crippen LogP contribution in [-0.4, -0.2) is 55.5 Å². The number of aryl methyl sites for hydroxylation is 1. The topological polar surface area (TPSA) is 57.7 Å². The zero-order valence-electron chi connectivity index (χ0n) is 13.4. The fourth-order valence-corrected chi connectivity index (χ4v) is 4.20. The Labute approximate surface area is 137 Å². The third-order valence-electron chi connectivity index (χ3n) is 3.96. The number of carbonyl (C=O) groups excluding carboxylic acids is 1. The molecule has 5 nitrogen and oxygen atoms in total. The molecule has 7 heteroatoms. The van der Waals surface area contributed by atoms with Crippen molar-refractivity contribution in [3.63, 3.8) is 0 Å². The molecular weight excluding hydrogens is 319 g/mol. The number of halogens is 1. The highest BCUT2D eigenvalue weighted by atomic mass is 32.2. The number of benzene rings is 1. The Morgan fingerprint density at radius 3 is 2.52 bits per heavy atom. The summed E-state index contributed by atoms with van der Waals surface area (Å²) in [7, 11) is -3.19. The van der Waals surface area contributed by atoms with Gasteiger partial charge in [0.05, 0.1) is 5.75 Å². The van der Waals surface area contributed by atoms with Crippen molar-refractivity contribution in [1.29, 1.82) is 0 Å². The van der Waals surface area contributed by atoms with E-state index in [9.17, 15) is 17.6 Å². The predicted molar refractivity (Wildman–Crippen MR) is 87.0 cm³/mol. The van der Waals surface area contributed by atoms with Crippen LogP contribution in [0.15, 0.2) is 24.3 Å². The highest BCUT2D eigenvalue weighted by Crippen LogP contribution is 2.12. The summed E-state index contributed by atoms with van der Waals surface area (Å²) in [6.07, 6.45) is 1.39. The molecule has 1 aliphatic rings. The number of amides is 1. The molecule has 0 bridgehead atoms. The molecule has 0 aliphatic carbocycles. The largest absolute Gasteiger partial charge is 0.340 e. The van der Waals surface area contributed by atoms with Crippen molar-refractivity contribution in [2.75, 3.05) is 31.9 Å². The average molecular weight is 342 g/mol. The van der Waals surface area contributed by atoms with Gasteiger partial charge in [0.25, 0.3) is 0 Å². The lowest BCUT2D eigenvalue weighted by atomic mass is 10.1. The first-order valence-corrected chi connectivity index (χ1v) is 9.53. The third-order valence-corrected chi connectivity index (χ3v) is 6.04. The highest BCUT2D eigenvalue weighted by molar-refractivity contribution is 7.89. The maximum Gasteiger partial charge on any atom is 0.222 e. The quantitative estimate of drug-likeness (QED) is 0.790. The molecule has 1 aromatic rings. The molecule has 0 spiro atoms. The predicted octanol–water partition coefficient (Wildman–Crippen LogP) is 1.64. The van der Waals surface area contributed by atoms with Gasteiger partial charge in [0.1, 0.15) is 5.82 Å². The summed E-state index contributed by atoms with van der Waals surface area (Å²) in [5.41, 5.74) is 0.794. The Morgan fingerprint density at radius 2 is 1.91 bits per heavy atom. The van der Waals surface area contributed by atoms with Crippen molar-refractivity contribution >= 4 is 15.9 Å². The van der Waals surface area contributed by atoms with Crippen molar-refractivity contribution in [3.05, 3.63) is 35.6 Å². The minimum atomic E-state index is -3.19. The molecule has 128 valence electrons. The van der Waals surface area contributed by atoms with Gasteiger partial charge in [-0.15, -0.1) is 0 Å². The molecule has 1 heterocycles. The lowest BCUT2D eigenvalue weighted by Gasteiger charge is -2.34. The summed E-state index contributed by atoms with van der Waals surface area (Å²) in [6.45, 7) is 3.39. The number of rotatable bonds is 6. The maximum absolute atomic E-state index is 13.1. The lowest BCUT2D eigenvalue weighted by molar-refractivity contribution is -0.132. The van der Waals surface area contributed by atoms with Gasteiger partial charge >= 0.3 is 0 Å². The number of hydrogen-bond donors (Lipinski definition) is 0. The Bertz CT molecular complexity index is 640. The van der Waals surface area contributed by atoms with Crippen molar-refractivity contribution in [1.82, 2.24) is 9.21 Å². The Hall–Kier alpha value is -1.47. The van der Waals surface area contributed by atoms with Crippen LogP contribution in [0.1, 0.15) is 25.3 Å². The summed E-state index contributed by atoms with van der Waals surface area (Å²) in [4.78, 5) is 13.9. The molecule has 0 atom stereocenters. The first kappa shape index (κ1) is 17.9. The number of hydrogen-bond acceptors (Lipinski definition) is 3. The molecule has 23 heavy (non-hydrogen) atoms. The maximum atomic E-state index is 13.1. The molecule has 2 rings (SSSR count). The minimum Gasteiger partial charge on any atom is -0.340 e. The minimum absolute atomic E-state index is 0.0122. The summed E-state index contributed by atoms with van der Waals surface area (Å²) in [5, 5.41) is 0. The van der Waals surface area contributed by atoms with Crippen molar-refractivity contribution in [2.45, 2.75) is 26.2 Å². The van der Waals surface area contributed by atoms with E-state index in [4.69, 9.17) is 0 Å². The van der Waals surface area contributed by atoms with Crippen LogP contribution in [0, 0.1) is 5.82 Å². The number of carbonyl (C=O) groups is 1. The Morgan fingerprint density at radius 1 is 1.22 bits per heavy atom. The van der Waals surface area contributed by atoms with Crippen LogP contribution in [0.4, 0.5) is 4.39 Å². The van der Waals surface area contributed by atoms with E-state index in [0.29, 0.717) is 45.4 Å². The van der Waals surface area contributed by atoms with E-state index in [2.05, 4.69) is 0 Å². The molecule has 0 saturated carbocycles. The zero-order valence-corrected chi connectivity index (χ0v) is 14.2. The van der Waals surface area contributed by atoms with Gasteiger partial charge in [-0.2, -0.15) is 4.31 Å². The second-order valence-electron chi connectivity index (χ2n) is 5.73. The Kier molecular flexibility index (Phi) is 6.12. The van der Waals surface area contributed by atoms with Crippen LogP contribution in [0.5, 0.6) is 0 Å². The molecule has 1 fully saturated rings. The summed E-state index contributed by atoms with van der Waals surface area (Å²) < 4.78 is 38.6. The van der Waals surface area contributed by atoms with E-state index in [1.165, 1.54) is 16.4 Å². The molecule has 1 aromatic carbocycles. The fourth-order valence-electron chi connectivity index (χ4n) is 2.70. The summed E-state index contributed by atoms with van der Waals surface area (Å²) >= 11 is 0. The fraction of sp³-hybridized carbons (Fsp3) is 0.562. The van der Waals surface area contributed by atoms with Crippen molar-refractivity contribution < 1.29 is 17.6 Å². The van der Waals surface area contributed by atoms with Gasteiger partial charge in [-0.3, -0.25) is 4.79 Å². The zero-order chi connectivity index (χ0) is 16.9.